The standard InChI is InChI=1S/C23H19FN4O2S/c1-15-4-2-5-18(12-15)26-20(29)14-31-23-27-21-19(6-3-11-25-21)22(30)28(23)13-16-7-9-17(24)10-8-16/h2-12H,13-14H2,1H3,(H,26,29). The molecule has 0 atom stereocenters. The molecule has 0 saturated heterocycles. The van der Waals surface area contributed by atoms with Crippen molar-refractivity contribution in [2.24, 2.45) is 0 Å². The van der Waals surface area contributed by atoms with Crippen molar-refractivity contribution in [1.82, 2.24) is 14.5 Å². The first-order valence-electron chi connectivity index (χ1n) is 9.59. The summed E-state index contributed by atoms with van der Waals surface area (Å²) in [4.78, 5) is 34.2. The van der Waals surface area contributed by atoms with E-state index < -0.39 is 0 Å². The Bertz CT molecular complexity index is 1310. The first-order valence-corrected chi connectivity index (χ1v) is 10.6. The summed E-state index contributed by atoms with van der Waals surface area (Å²) in [5.74, 6) is -0.485. The molecule has 156 valence electrons. The second-order valence-electron chi connectivity index (χ2n) is 6.99. The Morgan fingerprint density at radius 1 is 1.13 bits per heavy atom. The Labute approximate surface area is 182 Å². The fraction of sp³-hybridized carbons (Fsp3) is 0.130. The van der Waals surface area contributed by atoms with Crippen LogP contribution in [0, 0.1) is 12.7 Å². The average molecular weight is 434 g/mol. The van der Waals surface area contributed by atoms with E-state index in [9.17, 15) is 14.0 Å². The van der Waals surface area contributed by atoms with E-state index in [2.05, 4.69) is 15.3 Å². The molecule has 0 unspecified atom stereocenters. The Hall–Kier alpha value is -3.52. The number of rotatable bonds is 6. The summed E-state index contributed by atoms with van der Waals surface area (Å²) in [7, 11) is 0. The number of pyridine rings is 1. The van der Waals surface area contributed by atoms with Crippen molar-refractivity contribution in [2.75, 3.05) is 11.1 Å². The van der Waals surface area contributed by atoms with Crippen molar-refractivity contribution in [2.45, 2.75) is 18.6 Å². The predicted molar refractivity (Wildman–Crippen MR) is 120 cm³/mol. The lowest BCUT2D eigenvalue weighted by Crippen LogP contribution is -2.25. The van der Waals surface area contributed by atoms with Gasteiger partial charge in [-0.2, -0.15) is 0 Å². The summed E-state index contributed by atoms with van der Waals surface area (Å²) in [6, 6.07) is 16.8. The van der Waals surface area contributed by atoms with Gasteiger partial charge in [0.05, 0.1) is 17.7 Å². The van der Waals surface area contributed by atoms with Gasteiger partial charge in [0.2, 0.25) is 5.91 Å². The maximum atomic E-state index is 13.3. The quantitative estimate of drug-likeness (QED) is 0.366. The van der Waals surface area contributed by atoms with Gasteiger partial charge < -0.3 is 5.32 Å². The third-order valence-corrected chi connectivity index (χ3v) is 5.56. The molecule has 1 amide bonds. The lowest BCUT2D eigenvalue weighted by molar-refractivity contribution is -0.113. The molecule has 6 nitrogen and oxygen atoms in total. The maximum absolute atomic E-state index is 13.3. The number of hydrogen-bond donors (Lipinski definition) is 1. The molecule has 0 radical (unpaired) electrons. The van der Waals surface area contributed by atoms with Crippen LogP contribution in [0.5, 0.6) is 0 Å². The first-order chi connectivity index (χ1) is 15.0. The first kappa shape index (κ1) is 20.7. The van der Waals surface area contributed by atoms with Gasteiger partial charge in [0.1, 0.15) is 5.82 Å². The van der Waals surface area contributed by atoms with Gasteiger partial charge in [-0.25, -0.2) is 14.4 Å². The number of amides is 1. The van der Waals surface area contributed by atoms with E-state index in [4.69, 9.17) is 0 Å². The average Bonchev–Trinajstić information content (AvgIpc) is 2.76. The zero-order chi connectivity index (χ0) is 21.8. The number of fused-ring (bicyclic) bond motifs is 1. The highest BCUT2D eigenvalue weighted by molar-refractivity contribution is 7.99. The van der Waals surface area contributed by atoms with Crippen LogP contribution in [0.3, 0.4) is 0 Å². The van der Waals surface area contributed by atoms with E-state index in [-0.39, 0.29) is 29.6 Å². The summed E-state index contributed by atoms with van der Waals surface area (Å²) in [5.41, 5.74) is 2.57. The number of anilines is 1. The largest absolute Gasteiger partial charge is 0.325 e. The minimum absolute atomic E-state index is 0.0716. The Morgan fingerprint density at radius 2 is 1.94 bits per heavy atom. The molecule has 0 aliphatic heterocycles. The molecule has 0 bridgehead atoms. The van der Waals surface area contributed by atoms with Crippen LogP contribution in [-0.4, -0.2) is 26.2 Å². The Morgan fingerprint density at radius 3 is 2.71 bits per heavy atom. The number of benzene rings is 2. The van der Waals surface area contributed by atoms with E-state index in [1.807, 2.05) is 31.2 Å². The number of carbonyl (C=O) groups is 1. The third-order valence-electron chi connectivity index (χ3n) is 4.58. The van der Waals surface area contributed by atoms with Crippen LogP contribution >= 0.6 is 11.8 Å². The molecule has 0 saturated carbocycles. The summed E-state index contributed by atoms with van der Waals surface area (Å²) in [6.45, 7) is 2.16. The third kappa shape index (κ3) is 4.97. The topological polar surface area (TPSA) is 76.9 Å². The van der Waals surface area contributed by atoms with Crippen LogP contribution in [0.4, 0.5) is 10.1 Å². The van der Waals surface area contributed by atoms with E-state index >= 15 is 0 Å². The number of halogens is 1. The van der Waals surface area contributed by atoms with Crippen LogP contribution < -0.4 is 10.9 Å². The van der Waals surface area contributed by atoms with Crippen LogP contribution in [0.25, 0.3) is 11.0 Å². The Balaban J connectivity index is 1.61. The fourth-order valence-corrected chi connectivity index (χ4v) is 3.89. The SMILES string of the molecule is Cc1cccc(NC(=O)CSc2nc3ncccc3c(=O)n2Cc2ccc(F)cc2)c1. The number of nitrogens with zero attached hydrogens (tertiary/aromatic N) is 3. The normalized spacial score (nSPS) is 10.9. The van der Waals surface area contributed by atoms with Gasteiger partial charge in [-0.1, -0.05) is 36.0 Å². The summed E-state index contributed by atoms with van der Waals surface area (Å²) >= 11 is 1.16. The van der Waals surface area contributed by atoms with Crippen molar-refractivity contribution in [3.8, 4) is 0 Å². The second-order valence-corrected chi connectivity index (χ2v) is 7.94. The highest BCUT2D eigenvalue weighted by Crippen LogP contribution is 2.19. The van der Waals surface area contributed by atoms with Gasteiger partial charge in [0, 0.05) is 11.9 Å². The number of aromatic nitrogens is 3. The van der Waals surface area contributed by atoms with Crippen molar-refractivity contribution < 1.29 is 9.18 Å². The molecule has 4 rings (SSSR count). The highest BCUT2D eigenvalue weighted by Gasteiger charge is 2.14. The van der Waals surface area contributed by atoms with E-state index in [0.717, 1.165) is 22.9 Å². The van der Waals surface area contributed by atoms with Crippen molar-refractivity contribution in [1.29, 1.82) is 0 Å². The summed E-state index contributed by atoms with van der Waals surface area (Å²) in [5, 5.41) is 3.61. The van der Waals surface area contributed by atoms with Gasteiger partial charge in [-0.05, 0) is 54.4 Å². The maximum Gasteiger partial charge on any atom is 0.263 e. The van der Waals surface area contributed by atoms with Gasteiger partial charge in [0.25, 0.3) is 5.56 Å². The molecule has 0 aliphatic carbocycles. The molecule has 4 aromatic rings. The molecule has 2 aromatic carbocycles. The monoisotopic (exact) mass is 434 g/mol. The van der Waals surface area contributed by atoms with Crippen LogP contribution in [0.15, 0.2) is 76.8 Å². The zero-order valence-electron chi connectivity index (χ0n) is 16.7. The summed E-state index contributed by atoms with van der Waals surface area (Å²) in [6.07, 6.45) is 1.57. The van der Waals surface area contributed by atoms with E-state index in [0.29, 0.717) is 21.9 Å². The number of hydrogen-bond acceptors (Lipinski definition) is 5. The van der Waals surface area contributed by atoms with Crippen molar-refractivity contribution >= 4 is 34.4 Å². The molecule has 8 heteroatoms. The minimum Gasteiger partial charge on any atom is -0.325 e. The van der Waals surface area contributed by atoms with Crippen LogP contribution in [0.2, 0.25) is 0 Å². The highest BCUT2D eigenvalue weighted by atomic mass is 32.2. The molecule has 0 aliphatic rings. The van der Waals surface area contributed by atoms with Crippen LogP contribution in [0.1, 0.15) is 11.1 Å². The fourth-order valence-electron chi connectivity index (χ4n) is 3.11. The molecule has 1 N–H and O–H groups in total. The molecule has 2 aromatic heterocycles. The van der Waals surface area contributed by atoms with E-state index in [1.54, 1.807) is 30.5 Å². The minimum atomic E-state index is -0.348. The number of carbonyl (C=O) groups excluding carboxylic acids is 1. The lowest BCUT2D eigenvalue weighted by atomic mass is 10.2. The van der Waals surface area contributed by atoms with Gasteiger partial charge in [-0.15, -0.1) is 0 Å². The van der Waals surface area contributed by atoms with Crippen molar-refractivity contribution in [3.05, 3.63) is 94.2 Å². The molecule has 0 spiro atoms. The second kappa shape index (κ2) is 9.09. The lowest BCUT2D eigenvalue weighted by Gasteiger charge is -2.13. The van der Waals surface area contributed by atoms with Crippen LogP contribution in [-0.2, 0) is 11.3 Å². The van der Waals surface area contributed by atoms with Gasteiger partial charge >= 0.3 is 0 Å². The number of thioether (sulfide) groups is 1. The van der Waals surface area contributed by atoms with Gasteiger partial charge in [-0.3, -0.25) is 14.2 Å². The summed E-state index contributed by atoms with van der Waals surface area (Å²) < 4.78 is 14.8. The smallest absolute Gasteiger partial charge is 0.263 e. The number of nitrogens with one attached hydrogen (secondary N) is 1. The Kier molecular flexibility index (Phi) is 6.08. The molecule has 31 heavy (non-hydrogen) atoms. The molecule has 2 heterocycles. The molecular formula is C23H19FN4O2S. The molecular weight excluding hydrogens is 415 g/mol. The predicted octanol–water partition coefficient (Wildman–Crippen LogP) is 4.02. The van der Waals surface area contributed by atoms with Crippen molar-refractivity contribution in [3.63, 3.8) is 0 Å². The zero-order valence-corrected chi connectivity index (χ0v) is 17.5. The van der Waals surface area contributed by atoms with Gasteiger partial charge in [0.15, 0.2) is 10.8 Å². The molecule has 0 fully saturated rings. The number of aryl methyl sites for hydroxylation is 1. The van der Waals surface area contributed by atoms with E-state index in [1.165, 1.54) is 16.7 Å².